The van der Waals surface area contributed by atoms with Crippen molar-refractivity contribution in [1.29, 1.82) is 0 Å². The second kappa shape index (κ2) is 7.02. The zero-order valence-corrected chi connectivity index (χ0v) is 16.3. The average Bonchev–Trinajstić information content (AvgIpc) is 3.53. The summed E-state index contributed by atoms with van der Waals surface area (Å²) in [5.41, 5.74) is 11.8. The first kappa shape index (κ1) is 17.4. The van der Waals surface area contributed by atoms with Gasteiger partial charge in [0, 0.05) is 38.9 Å². The van der Waals surface area contributed by atoms with Gasteiger partial charge in [0.25, 0.3) is 0 Å². The number of rotatable bonds is 4. The van der Waals surface area contributed by atoms with Gasteiger partial charge in [0.1, 0.15) is 5.52 Å². The largest absolute Gasteiger partial charge is 0.381 e. The van der Waals surface area contributed by atoms with Crippen molar-refractivity contribution in [1.82, 2.24) is 19.9 Å². The Morgan fingerprint density at radius 3 is 2.64 bits per heavy atom. The monoisotopic (exact) mass is 374 g/mol. The van der Waals surface area contributed by atoms with Gasteiger partial charge in [-0.15, -0.1) is 0 Å². The highest BCUT2D eigenvalue weighted by molar-refractivity contribution is 5.80. The van der Waals surface area contributed by atoms with E-state index in [0.29, 0.717) is 17.4 Å². The molecular formula is C22H26N6. The number of nitrogens with zero attached hydrogens (tertiary/aromatic N) is 5. The average molecular weight is 374 g/mol. The van der Waals surface area contributed by atoms with Gasteiger partial charge in [-0.25, -0.2) is 15.0 Å². The number of pyridine rings is 1. The summed E-state index contributed by atoms with van der Waals surface area (Å²) in [5.74, 6) is 1.92. The summed E-state index contributed by atoms with van der Waals surface area (Å²) in [6.07, 6.45) is 4.30. The Morgan fingerprint density at radius 2 is 1.89 bits per heavy atom. The van der Waals surface area contributed by atoms with Crippen LogP contribution in [-0.2, 0) is 6.54 Å². The third kappa shape index (κ3) is 3.40. The molecule has 2 fully saturated rings. The number of fused-ring (bicyclic) bond motifs is 1. The minimum atomic E-state index is 0.486. The lowest BCUT2D eigenvalue weighted by molar-refractivity contribution is 0.249. The van der Waals surface area contributed by atoms with E-state index in [1.54, 1.807) is 0 Å². The molecule has 144 valence electrons. The molecule has 0 amide bonds. The highest BCUT2D eigenvalue weighted by Crippen LogP contribution is 2.42. The Balaban J connectivity index is 1.34. The first-order valence-electron chi connectivity index (χ1n) is 10.1. The first-order valence-corrected chi connectivity index (χ1v) is 10.1. The van der Waals surface area contributed by atoms with Crippen LogP contribution in [0.25, 0.3) is 11.2 Å². The van der Waals surface area contributed by atoms with Gasteiger partial charge in [0.2, 0.25) is 0 Å². The topological polar surface area (TPSA) is 71.2 Å². The van der Waals surface area contributed by atoms with Crippen LogP contribution in [0.15, 0.2) is 36.5 Å². The smallest absolute Gasteiger partial charge is 0.180 e. The summed E-state index contributed by atoms with van der Waals surface area (Å²) in [4.78, 5) is 18.7. The fourth-order valence-corrected chi connectivity index (χ4v) is 4.12. The standard InChI is InChI=1S/C22H26N6/c1-15-3-2-4-16(13-15)14-27-9-11-28(12-10-27)22-20(23)26-21-19(25-22)18(7-8-24-21)17-5-6-17/h2-4,7-8,13,17H,5-6,9-12,14H2,1H3,(H2,23,24,26). The molecule has 5 rings (SSSR count). The number of nitrogens with two attached hydrogens (primary N) is 1. The van der Waals surface area contributed by atoms with Crippen molar-refractivity contribution in [2.24, 2.45) is 0 Å². The van der Waals surface area contributed by atoms with E-state index in [4.69, 9.17) is 10.7 Å². The van der Waals surface area contributed by atoms with E-state index in [9.17, 15) is 0 Å². The van der Waals surface area contributed by atoms with Crippen molar-refractivity contribution in [2.45, 2.75) is 32.2 Å². The Morgan fingerprint density at radius 1 is 1.07 bits per heavy atom. The van der Waals surface area contributed by atoms with Gasteiger partial charge >= 0.3 is 0 Å². The van der Waals surface area contributed by atoms with Gasteiger partial charge in [0.15, 0.2) is 17.3 Å². The molecular weight excluding hydrogens is 348 g/mol. The Hall–Kier alpha value is -2.73. The van der Waals surface area contributed by atoms with Crippen molar-refractivity contribution >= 4 is 22.8 Å². The Labute approximate surface area is 165 Å². The molecule has 1 saturated heterocycles. The van der Waals surface area contributed by atoms with E-state index in [2.05, 4.69) is 57.0 Å². The van der Waals surface area contributed by atoms with Crippen LogP contribution in [0.2, 0.25) is 0 Å². The number of aromatic nitrogens is 3. The Kier molecular flexibility index (Phi) is 4.36. The molecule has 2 N–H and O–H groups in total. The van der Waals surface area contributed by atoms with Gasteiger partial charge in [0.05, 0.1) is 0 Å². The number of hydrogen-bond acceptors (Lipinski definition) is 6. The molecule has 2 aromatic heterocycles. The van der Waals surface area contributed by atoms with Gasteiger partial charge in [-0.3, -0.25) is 4.90 Å². The van der Waals surface area contributed by atoms with Crippen LogP contribution >= 0.6 is 0 Å². The summed E-state index contributed by atoms with van der Waals surface area (Å²) in [7, 11) is 0. The van der Waals surface area contributed by atoms with Crippen LogP contribution in [-0.4, -0.2) is 46.0 Å². The number of benzene rings is 1. The zero-order chi connectivity index (χ0) is 19.1. The molecule has 2 aliphatic rings. The molecule has 0 spiro atoms. The van der Waals surface area contributed by atoms with Crippen molar-refractivity contribution in [3.8, 4) is 0 Å². The number of piperazine rings is 1. The van der Waals surface area contributed by atoms with E-state index in [1.807, 2.05) is 6.20 Å². The van der Waals surface area contributed by atoms with Crippen molar-refractivity contribution in [2.75, 3.05) is 36.8 Å². The van der Waals surface area contributed by atoms with E-state index < -0.39 is 0 Å². The van der Waals surface area contributed by atoms with E-state index >= 15 is 0 Å². The maximum absolute atomic E-state index is 6.27. The molecule has 6 nitrogen and oxygen atoms in total. The first-order chi connectivity index (χ1) is 13.7. The van der Waals surface area contributed by atoms with Gasteiger partial charge in [-0.1, -0.05) is 29.8 Å². The van der Waals surface area contributed by atoms with Crippen LogP contribution in [0, 0.1) is 6.92 Å². The van der Waals surface area contributed by atoms with E-state index in [1.165, 1.54) is 29.5 Å². The lowest BCUT2D eigenvalue weighted by Gasteiger charge is -2.35. The number of anilines is 2. The molecule has 1 aliphatic heterocycles. The molecule has 1 saturated carbocycles. The second-order valence-electron chi connectivity index (χ2n) is 8.03. The number of hydrogen-bond donors (Lipinski definition) is 1. The minimum Gasteiger partial charge on any atom is -0.381 e. The minimum absolute atomic E-state index is 0.486. The van der Waals surface area contributed by atoms with Crippen molar-refractivity contribution in [3.05, 3.63) is 53.2 Å². The Bertz CT molecular complexity index is 1010. The summed E-state index contributed by atoms with van der Waals surface area (Å²) < 4.78 is 0. The molecule has 0 bridgehead atoms. The van der Waals surface area contributed by atoms with Crippen molar-refractivity contribution < 1.29 is 0 Å². The molecule has 6 heteroatoms. The van der Waals surface area contributed by atoms with Gasteiger partial charge < -0.3 is 10.6 Å². The van der Waals surface area contributed by atoms with Crippen molar-refractivity contribution in [3.63, 3.8) is 0 Å². The van der Waals surface area contributed by atoms with Crippen LogP contribution in [0.4, 0.5) is 11.6 Å². The SMILES string of the molecule is Cc1cccc(CN2CCN(c3nc4c(C5CC5)ccnc4nc3N)CC2)c1. The summed E-state index contributed by atoms with van der Waals surface area (Å²) in [6.45, 7) is 6.95. The van der Waals surface area contributed by atoms with Crippen LogP contribution < -0.4 is 10.6 Å². The summed E-state index contributed by atoms with van der Waals surface area (Å²) in [5, 5.41) is 0. The van der Waals surface area contributed by atoms with E-state index in [0.717, 1.165) is 44.1 Å². The normalized spacial score (nSPS) is 18.0. The van der Waals surface area contributed by atoms with Crippen LogP contribution in [0.1, 0.15) is 35.4 Å². The second-order valence-corrected chi connectivity index (χ2v) is 8.03. The molecule has 0 unspecified atom stereocenters. The quantitative estimate of drug-likeness (QED) is 0.757. The molecule has 3 aromatic rings. The molecule has 1 aliphatic carbocycles. The zero-order valence-electron chi connectivity index (χ0n) is 16.3. The van der Waals surface area contributed by atoms with Gasteiger partial charge in [-0.05, 0) is 42.9 Å². The third-order valence-corrected chi connectivity index (χ3v) is 5.79. The van der Waals surface area contributed by atoms with Gasteiger partial charge in [-0.2, -0.15) is 0 Å². The molecule has 28 heavy (non-hydrogen) atoms. The lowest BCUT2D eigenvalue weighted by atomic mass is 10.1. The summed E-state index contributed by atoms with van der Waals surface area (Å²) >= 11 is 0. The molecule has 0 radical (unpaired) electrons. The molecule has 0 atom stereocenters. The molecule has 3 heterocycles. The fourth-order valence-electron chi connectivity index (χ4n) is 4.12. The van der Waals surface area contributed by atoms with Crippen LogP contribution in [0.5, 0.6) is 0 Å². The molecule has 1 aromatic carbocycles. The fraction of sp³-hybridized carbons (Fsp3) is 0.409. The number of nitrogen functional groups attached to an aromatic ring is 1. The summed E-state index contributed by atoms with van der Waals surface area (Å²) in [6, 6.07) is 10.9. The highest BCUT2D eigenvalue weighted by atomic mass is 15.3. The lowest BCUT2D eigenvalue weighted by Crippen LogP contribution is -2.46. The maximum Gasteiger partial charge on any atom is 0.180 e. The number of aryl methyl sites for hydroxylation is 1. The van der Waals surface area contributed by atoms with E-state index in [-0.39, 0.29) is 0 Å². The predicted molar refractivity (Wildman–Crippen MR) is 112 cm³/mol. The highest BCUT2D eigenvalue weighted by Gasteiger charge is 2.28. The third-order valence-electron chi connectivity index (χ3n) is 5.79. The predicted octanol–water partition coefficient (Wildman–Crippen LogP) is 3.12. The maximum atomic E-state index is 6.27. The van der Waals surface area contributed by atoms with Crippen LogP contribution in [0.3, 0.4) is 0 Å².